The second-order valence-corrected chi connectivity index (χ2v) is 12.4. The number of esters is 1. The molecule has 234 valence electrons. The van der Waals surface area contributed by atoms with Crippen LogP contribution in [0, 0.1) is 0 Å². The van der Waals surface area contributed by atoms with Gasteiger partial charge in [-0.2, -0.15) is 9.97 Å². The minimum absolute atomic E-state index is 0.0374. The highest BCUT2D eigenvalue weighted by Crippen LogP contribution is 2.51. The Morgan fingerprint density at radius 3 is 2.65 bits per heavy atom. The van der Waals surface area contributed by atoms with E-state index in [1.165, 1.54) is 10.9 Å². The van der Waals surface area contributed by atoms with E-state index < -0.39 is 43.8 Å². The van der Waals surface area contributed by atoms with Gasteiger partial charge in [-0.25, -0.2) is 19.4 Å². The molecule has 1 saturated carbocycles. The van der Waals surface area contributed by atoms with Crippen LogP contribution in [0.3, 0.4) is 0 Å². The van der Waals surface area contributed by atoms with Crippen molar-refractivity contribution in [2.75, 3.05) is 25.6 Å². The quantitative estimate of drug-likeness (QED) is 0.160. The van der Waals surface area contributed by atoms with Crippen LogP contribution in [0.15, 0.2) is 36.7 Å². The molecule has 1 aliphatic carbocycles. The van der Waals surface area contributed by atoms with E-state index in [-0.39, 0.29) is 31.1 Å². The van der Waals surface area contributed by atoms with E-state index in [0.717, 1.165) is 19.3 Å². The number of aromatic nitrogens is 4. The SMILES string of the molecule is CCOC(=O)C(OP(=O)(NC1CCC1)OC[C@H]1O[C@@H](n2cnc3c(OCC)nc(N)nc32)[C@](C)(N)[C@@H]1O)c1ccccc1. The summed E-state index contributed by atoms with van der Waals surface area (Å²) in [4.78, 5) is 25.6. The smallest absolute Gasteiger partial charge is 0.407 e. The second-order valence-electron chi connectivity index (χ2n) is 10.7. The summed E-state index contributed by atoms with van der Waals surface area (Å²) in [5.41, 5.74) is 12.2. The van der Waals surface area contributed by atoms with Gasteiger partial charge in [0, 0.05) is 6.04 Å². The maximum absolute atomic E-state index is 14.2. The number of ether oxygens (including phenoxy) is 3. The number of benzene rings is 1. The van der Waals surface area contributed by atoms with Crippen molar-refractivity contribution in [1.82, 2.24) is 24.6 Å². The van der Waals surface area contributed by atoms with Gasteiger partial charge in [0.05, 0.1) is 31.7 Å². The van der Waals surface area contributed by atoms with E-state index in [0.29, 0.717) is 23.3 Å². The number of aliphatic hydroxyl groups excluding tert-OH is 1. The fourth-order valence-corrected chi connectivity index (χ4v) is 6.73. The summed E-state index contributed by atoms with van der Waals surface area (Å²) in [6, 6.07) is 8.47. The maximum Gasteiger partial charge on any atom is 0.407 e. The molecular formula is C27H38N7O8P. The predicted octanol–water partition coefficient (Wildman–Crippen LogP) is 2.37. The Balaban J connectivity index is 1.38. The molecule has 2 unspecified atom stereocenters. The van der Waals surface area contributed by atoms with Gasteiger partial charge in [0.2, 0.25) is 11.8 Å². The molecule has 0 bridgehead atoms. The third-order valence-corrected chi connectivity index (χ3v) is 9.13. The molecule has 0 radical (unpaired) electrons. The molecule has 2 fully saturated rings. The van der Waals surface area contributed by atoms with E-state index >= 15 is 0 Å². The first-order chi connectivity index (χ1) is 20.6. The van der Waals surface area contributed by atoms with E-state index in [4.69, 9.17) is 34.7 Å². The molecule has 2 aliphatic rings. The topological polar surface area (TPSA) is 208 Å². The van der Waals surface area contributed by atoms with Crippen molar-refractivity contribution in [1.29, 1.82) is 0 Å². The van der Waals surface area contributed by atoms with E-state index in [9.17, 15) is 14.5 Å². The third kappa shape index (κ3) is 6.53. The summed E-state index contributed by atoms with van der Waals surface area (Å²) in [6.45, 7) is 5.15. The van der Waals surface area contributed by atoms with Crippen LogP contribution >= 0.6 is 7.75 Å². The van der Waals surface area contributed by atoms with E-state index in [1.54, 1.807) is 51.1 Å². The second kappa shape index (κ2) is 12.8. The molecule has 6 atom stereocenters. The number of rotatable bonds is 13. The molecule has 2 aromatic heterocycles. The molecule has 6 N–H and O–H groups in total. The van der Waals surface area contributed by atoms with Crippen LogP contribution in [0.5, 0.6) is 5.88 Å². The number of nitrogens with two attached hydrogens (primary N) is 2. The number of fused-ring (bicyclic) bond motifs is 1. The molecular weight excluding hydrogens is 581 g/mol. The minimum Gasteiger partial charge on any atom is -0.476 e. The van der Waals surface area contributed by atoms with E-state index in [1.807, 2.05) is 0 Å². The lowest BCUT2D eigenvalue weighted by Crippen LogP contribution is -2.52. The van der Waals surface area contributed by atoms with Gasteiger partial charge in [-0.3, -0.25) is 13.6 Å². The van der Waals surface area contributed by atoms with Crippen molar-refractivity contribution in [3.63, 3.8) is 0 Å². The largest absolute Gasteiger partial charge is 0.476 e. The standard InChI is InChI=1S/C27H38N7O8P/c1-4-38-23-19-22(31-26(28)32-23)34(15-30-19)25-27(3,29)21(35)18(41-25)14-40-43(37,33-17-12-9-13-17)42-20(24(36)39-5-2)16-10-7-6-8-11-16/h6-8,10-11,15,17-18,20-21,25,35H,4-5,9,12-14,29H2,1-3H3,(H,33,37)(H2,28,31,32)/t18-,20?,21-,25-,27-,43?/m1/s1. The molecule has 1 saturated heterocycles. The van der Waals surface area contributed by atoms with Gasteiger partial charge in [-0.15, -0.1) is 0 Å². The number of imidazole rings is 1. The average Bonchev–Trinajstić information content (AvgIpc) is 3.47. The number of nitrogens with zero attached hydrogens (tertiary/aromatic N) is 4. The Morgan fingerprint density at radius 1 is 1.26 bits per heavy atom. The number of carbonyl (C=O) groups is 1. The molecule has 3 aromatic rings. The van der Waals surface area contributed by atoms with Crippen molar-refractivity contribution in [3.05, 3.63) is 42.2 Å². The number of nitrogens with one attached hydrogen (secondary N) is 1. The number of hydrogen-bond donors (Lipinski definition) is 4. The first-order valence-electron chi connectivity index (χ1n) is 14.2. The molecule has 3 heterocycles. The fraction of sp³-hybridized carbons (Fsp3) is 0.556. The van der Waals surface area contributed by atoms with Crippen LogP contribution in [-0.2, 0) is 27.9 Å². The normalized spacial score (nSPS) is 26.1. The molecule has 1 aliphatic heterocycles. The lowest BCUT2D eigenvalue weighted by atomic mass is 9.93. The summed E-state index contributed by atoms with van der Waals surface area (Å²) in [5.74, 6) is -0.542. The van der Waals surface area contributed by atoms with E-state index in [2.05, 4.69) is 20.0 Å². The summed E-state index contributed by atoms with van der Waals surface area (Å²) in [7, 11) is -4.16. The lowest BCUT2D eigenvalue weighted by molar-refractivity contribution is -0.152. The van der Waals surface area contributed by atoms with Crippen LogP contribution < -0.4 is 21.3 Å². The Kier molecular flexibility index (Phi) is 9.32. The summed E-state index contributed by atoms with van der Waals surface area (Å²) < 4.78 is 44.4. The molecule has 5 rings (SSSR count). The lowest BCUT2D eigenvalue weighted by Gasteiger charge is -2.32. The zero-order valence-corrected chi connectivity index (χ0v) is 25.2. The molecule has 1 aromatic carbocycles. The summed E-state index contributed by atoms with van der Waals surface area (Å²) in [6.07, 6.45) is -0.672. The molecule has 15 nitrogen and oxygen atoms in total. The van der Waals surface area contributed by atoms with Gasteiger partial charge in [0.1, 0.15) is 12.2 Å². The van der Waals surface area contributed by atoms with Crippen LogP contribution in [0.4, 0.5) is 5.95 Å². The number of nitrogen functional groups attached to an aromatic ring is 1. The summed E-state index contributed by atoms with van der Waals surface area (Å²) >= 11 is 0. The van der Waals surface area contributed by atoms with Crippen LogP contribution in [0.1, 0.15) is 57.9 Å². The fourth-order valence-electron chi connectivity index (χ4n) is 5.00. The van der Waals surface area contributed by atoms with Crippen LogP contribution in [-0.4, -0.2) is 74.2 Å². The highest BCUT2D eigenvalue weighted by Gasteiger charge is 2.53. The first kappa shape index (κ1) is 31.3. The zero-order chi connectivity index (χ0) is 30.8. The van der Waals surface area contributed by atoms with Crippen LogP contribution in [0.25, 0.3) is 11.2 Å². The molecule has 0 amide bonds. The first-order valence-corrected chi connectivity index (χ1v) is 15.8. The Hall–Kier alpha value is -3.17. The highest BCUT2D eigenvalue weighted by atomic mass is 31.2. The van der Waals surface area contributed by atoms with Gasteiger partial charge in [-0.05, 0) is 39.2 Å². The Bertz CT molecular complexity index is 1470. The van der Waals surface area contributed by atoms with Crippen molar-refractivity contribution in [2.24, 2.45) is 5.73 Å². The monoisotopic (exact) mass is 619 g/mol. The van der Waals surface area contributed by atoms with Crippen LogP contribution in [0.2, 0.25) is 0 Å². The molecule has 0 spiro atoms. The zero-order valence-electron chi connectivity index (χ0n) is 24.3. The molecule has 16 heteroatoms. The van der Waals surface area contributed by atoms with Gasteiger partial charge >= 0.3 is 13.7 Å². The van der Waals surface area contributed by atoms with Crippen molar-refractivity contribution in [3.8, 4) is 5.88 Å². The number of anilines is 1. The third-order valence-electron chi connectivity index (χ3n) is 7.47. The van der Waals surface area contributed by atoms with Crippen molar-refractivity contribution in [2.45, 2.75) is 76.2 Å². The minimum atomic E-state index is -4.16. The Morgan fingerprint density at radius 2 is 2.00 bits per heavy atom. The van der Waals surface area contributed by atoms with Gasteiger partial charge < -0.3 is 30.8 Å². The van der Waals surface area contributed by atoms with Gasteiger partial charge in [0.25, 0.3) is 0 Å². The van der Waals surface area contributed by atoms with Crippen molar-refractivity contribution < 1.29 is 37.7 Å². The molecule has 43 heavy (non-hydrogen) atoms. The predicted molar refractivity (Wildman–Crippen MR) is 155 cm³/mol. The highest BCUT2D eigenvalue weighted by molar-refractivity contribution is 7.51. The number of carbonyl (C=O) groups excluding carboxylic acids is 1. The number of aliphatic hydroxyl groups is 1. The number of hydrogen-bond acceptors (Lipinski definition) is 13. The summed E-state index contributed by atoms with van der Waals surface area (Å²) in [5, 5.41) is 14.2. The maximum atomic E-state index is 14.2. The van der Waals surface area contributed by atoms with Crippen molar-refractivity contribution >= 4 is 30.8 Å². The van der Waals surface area contributed by atoms with Gasteiger partial charge in [0.15, 0.2) is 23.5 Å². The van der Waals surface area contributed by atoms with Gasteiger partial charge in [-0.1, -0.05) is 36.8 Å². The Labute approximate surface area is 248 Å². The average molecular weight is 620 g/mol.